The first-order chi connectivity index (χ1) is 5.77. The van der Waals surface area contributed by atoms with Crippen molar-refractivity contribution < 1.29 is 5.11 Å². The Morgan fingerprint density at radius 2 is 2.00 bits per heavy atom. The fraction of sp³-hybridized carbons (Fsp3) is 0.222. The zero-order valence-corrected chi connectivity index (χ0v) is 7.95. The van der Waals surface area contributed by atoms with Gasteiger partial charge >= 0.3 is 0 Å². The van der Waals surface area contributed by atoms with Crippen LogP contribution in [0.25, 0.3) is 4.85 Å². The summed E-state index contributed by atoms with van der Waals surface area (Å²) in [7, 11) is 0. The van der Waals surface area contributed by atoms with E-state index in [0.717, 1.165) is 5.56 Å². The van der Waals surface area contributed by atoms with E-state index in [1.54, 1.807) is 24.3 Å². The molecule has 12 heavy (non-hydrogen) atoms. The molecule has 0 unspecified atom stereocenters. The lowest BCUT2D eigenvalue weighted by molar-refractivity contribution is 0.205. The second-order valence-corrected chi connectivity index (χ2v) is 3.02. The Morgan fingerprint density at radius 1 is 1.42 bits per heavy atom. The van der Waals surface area contributed by atoms with E-state index in [9.17, 15) is 5.11 Å². The monoisotopic (exact) mass is 225 g/mol. The molecule has 0 radical (unpaired) electrons. The van der Waals surface area contributed by atoms with Crippen molar-refractivity contribution in [2.45, 2.75) is 6.10 Å². The van der Waals surface area contributed by atoms with Crippen LogP contribution in [0.4, 0.5) is 5.69 Å². The van der Waals surface area contributed by atoms with Gasteiger partial charge in [-0.3, -0.25) is 0 Å². The maximum absolute atomic E-state index is 9.37. The Morgan fingerprint density at radius 3 is 2.42 bits per heavy atom. The average molecular weight is 226 g/mol. The normalized spacial score (nSPS) is 12.1. The highest BCUT2D eigenvalue weighted by atomic mass is 79.9. The molecular weight excluding hydrogens is 218 g/mol. The van der Waals surface area contributed by atoms with Gasteiger partial charge < -0.3 is 5.11 Å². The highest BCUT2D eigenvalue weighted by Crippen LogP contribution is 2.19. The van der Waals surface area contributed by atoms with E-state index in [1.165, 1.54) is 0 Å². The van der Waals surface area contributed by atoms with Gasteiger partial charge in [-0.15, -0.1) is 0 Å². The lowest BCUT2D eigenvalue weighted by Crippen LogP contribution is -1.96. The molecule has 0 saturated carbocycles. The van der Waals surface area contributed by atoms with Crippen LogP contribution in [0.3, 0.4) is 0 Å². The number of alkyl halides is 1. The van der Waals surface area contributed by atoms with E-state index < -0.39 is 6.10 Å². The molecule has 1 rings (SSSR count). The van der Waals surface area contributed by atoms with Crippen molar-refractivity contribution in [3.63, 3.8) is 0 Å². The molecule has 1 aromatic carbocycles. The predicted octanol–water partition coefficient (Wildman–Crippen LogP) is 2.67. The molecule has 0 amide bonds. The number of benzene rings is 1. The van der Waals surface area contributed by atoms with Crippen molar-refractivity contribution in [2.75, 3.05) is 5.33 Å². The van der Waals surface area contributed by atoms with Gasteiger partial charge in [-0.1, -0.05) is 40.2 Å². The van der Waals surface area contributed by atoms with Crippen LogP contribution in [-0.2, 0) is 0 Å². The molecule has 0 aliphatic carbocycles. The van der Waals surface area contributed by atoms with Gasteiger partial charge in [0, 0.05) is 5.33 Å². The largest absolute Gasteiger partial charge is 0.388 e. The summed E-state index contributed by atoms with van der Waals surface area (Å²) in [6, 6.07) is 6.93. The van der Waals surface area contributed by atoms with Crippen molar-refractivity contribution in [1.82, 2.24) is 0 Å². The molecule has 62 valence electrons. The summed E-state index contributed by atoms with van der Waals surface area (Å²) in [6.45, 7) is 6.72. The van der Waals surface area contributed by atoms with Crippen molar-refractivity contribution in [2.24, 2.45) is 0 Å². The fourth-order valence-corrected chi connectivity index (χ4v) is 1.23. The summed E-state index contributed by atoms with van der Waals surface area (Å²) in [6.07, 6.45) is -0.482. The van der Waals surface area contributed by atoms with Crippen molar-refractivity contribution in [1.29, 1.82) is 0 Å². The Hall–Kier alpha value is -0.850. The predicted molar refractivity (Wildman–Crippen MR) is 51.5 cm³/mol. The van der Waals surface area contributed by atoms with Crippen LogP contribution in [0.2, 0.25) is 0 Å². The molecule has 1 N–H and O–H groups in total. The standard InChI is InChI=1S/C9H8BrNO/c1-11-8-4-2-7(3-5-8)9(12)6-10/h2-5,9,12H,6H2/t9-/m1/s1. The molecule has 0 saturated heterocycles. The van der Waals surface area contributed by atoms with Gasteiger partial charge in [0.1, 0.15) is 0 Å². The lowest BCUT2D eigenvalue weighted by atomic mass is 10.1. The lowest BCUT2D eigenvalue weighted by Gasteiger charge is -2.05. The third-order valence-electron chi connectivity index (χ3n) is 1.55. The Balaban J connectivity index is 2.86. The average Bonchev–Trinajstić information content (AvgIpc) is 2.17. The van der Waals surface area contributed by atoms with Crippen LogP contribution in [0.1, 0.15) is 11.7 Å². The summed E-state index contributed by atoms with van der Waals surface area (Å²) in [5, 5.41) is 9.89. The van der Waals surface area contributed by atoms with E-state index >= 15 is 0 Å². The van der Waals surface area contributed by atoms with E-state index in [1.807, 2.05) is 0 Å². The van der Waals surface area contributed by atoms with E-state index in [2.05, 4.69) is 20.8 Å². The van der Waals surface area contributed by atoms with Gasteiger partial charge in [0.25, 0.3) is 0 Å². The fourth-order valence-electron chi connectivity index (χ4n) is 0.860. The van der Waals surface area contributed by atoms with E-state index in [4.69, 9.17) is 6.57 Å². The Labute approximate surface area is 79.8 Å². The third-order valence-corrected chi connectivity index (χ3v) is 2.17. The SMILES string of the molecule is [C-]#[N+]c1ccc([C@H](O)CBr)cc1. The number of rotatable bonds is 2. The van der Waals surface area contributed by atoms with Crippen LogP contribution < -0.4 is 0 Å². The maximum atomic E-state index is 9.37. The molecular formula is C9H8BrNO. The van der Waals surface area contributed by atoms with Crippen molar-refractivity contribution in [3.05, 3.63) is 41.2 Å². The molecule has 0 heterocycles. The first-order valence-electron chi connectivity index (χ1n) is 3.49. The minimum atomic E-state index is -0.482. The highest BCUT2D eigenvalue weighted by molar-refractivity contribution is 9.09. The number of aliphatic hydroxyl groups is 1. The number of halogens is 1. The third kappa shape index (κ3) is 2.07. The summed E-state index contributed by atoms with van der Waals surface area (Å²) >= 11 is 3.18. The molecule has 0 aliphatic heterocycles. The van der Waals surface area contributed by atoms with E-state index in [0.29, 0.717) is 11.0 Å². The second kappa shape index (κ2) is 4.24. The first-order valence-corrected chi connectivity index (χ1v) is 4.61. The Kier molecular flexibility index (Phi) is 3.27. The van der Waals surface area contributed by atoms with Gasteiger partial charge in [-0.05, 0) is 5.56 Å². The summed E-state index contributed by atoms with van der Waals surface area (Å²) in [4.78, 5) is 3.25. The van der Waals surface area contributed by atoms with Gasteiger partial charge in [-0.25, -0.2) is 4.85 Å². The first kappa shape index (κ1) is 9.24. The van der Waals surface area contributed by atoms with E-state index in [-0.39, 0.29) is 0 Å². The zero-order chi connectivity index (χ0) is 8.97. The molecule has 0 fully saturated rings. The van der Waals surface area contributed by atoms with Crippen LogP contribution in [-0.4, -0.2) is 10.4 Å². The molecule has 1 atom stereocenters. The van der Waals surface area contributed by atoms with Crippen LogP contribution in [0.5, 0.6) is 0 Å². The number of hydrogen-bond donors (Lipinski definition) is 1. The van der Waals surface area contributed by atoms with Crippen LogP contribution in [0.15, 0.2) is 24.3 Å². The smallest absolute Gasteiger partial charge is 0.187 e. The molecule has 0 spiro atoms. The summed E-state index contributed by atoms with van der Waals surface area (Å²) in [5.74, 6) is 0. The molecule has 1 aromatic rings. The maximum Gasteiger partial charge on any atom is 0.187 e. The van der Waals surface area contributed by atoms with Crippen molar-refractivity contribution >= 4 is 21.6 Å². The van der Waals surface area contributed by atoms with Gasteiger partial charge in [0.2, 0.25) is 0 Å². The molecule has 0 aliphatic rings. The minimum absolute atomic E-state index is 0.482. The number of nitrogens with zero attached hydrogens (tertiary/aromatic N) is 1. The van der Waals surface area contributed by atoms with Gasteiger partial charge in [0.15, 0.2) is 5.69 Å². The molecule has 0 aromatic heterocycles. The minimum Gasteiger partial charge on any atom is -0.388 e. The molecule has 3 heteroatoms. The summed E-state index contributed by atoms with van der Waals surface area (Å²) in [5.41, 5.74) is 1.43. The summed E-state index contributed by atoms with van der Waals surface area (Å²) < 4.78 is 0. The van der Waals surface area contributed by atoms with Crippen LogP contribution >= 0.6 is 15.9 Å². The number of aliphatic hydroxyl groups excluding tert-OH is 1. The highest BCUT2D eigenvalue weighted by Gasteiger charge is 2.03. The second-order valence-electron chi connectivity index (χ2n) is 2.37. The molecule has 2 nitrogen and oxygen atoms in total. The number of hydrogen-bond acceptors (Lipinski definition) is 1. The quantitative estimate of drug-likeness (QED) is 0.608. The van der Waals surface area contributed by atoms with Crippen LogP contribution in [0, 0.1) is 6.57 Å². The van der Waals surface area contributed by atoms with Crippen molar-refractivity contribution in [3.8, 4) is 0 Å². The Bertz CT molecular complexity index is 288. The van der Waals surface area contributed by atoms with Gasteiger partial charge in [0.05, 0.1) is 12.7 Å². The zero-order valence-electron chi connectivity index (χ0n) is 6.37. The molecule has 0 bridgehead atoms. The van der Waals surface area contributed by atoms with Gasteiger partial charge in [-0.2, -0.15) is 0 Å². The topological polar surface area (TPSA) is 24.6 Å².